The fourth-order valence-corrected chi connectivity index (χ4v) is 0.724. The van der Waals surface area contributed by atoms with Gasteiger partial charge in [-0.25, -0.2) is 0 Å². The second-order valence-corrected chi connectivity index (χ2v) is 2.93. The second kappa shape index (κ2) is 5.92. The van der Waals surface area contributed by atoms with E-state index in [2.05, 4.69) is 0 Å². The zero-order chi connectivity index (χ0) is 12.8. The van der Waals surface area contributed by atoms with Crippen molar-refractivity contribution in [2.45, 2.75) is 18.8 Å². The van der Waals surface area contributed by atoms with Gasteiger partial charge in [0.05, 0.1) is 19.5 Å². The monoisotopic (exact) mass is 252 g/mol. The molecule has 0 aliphatic heterocycles. The molecule has 0 radical (unpaired) electrons. The van der Waals surface area contributed by atoms with Gasteiger partial charge in [0.15, 0.2) is 0 Å². The molecular weight excluding hydrogens is 242 g/mol. The third-order valence-corrected chi connectivity index (χ3v) is 1.34. The molecule has 1 amide bonds. The minimum atomic E-state index is -4.45. The molecule has 0 aromatic heterocycles. The van der Waals surface area contributed by atoms with Crippen molar-refractivity contribution in [2.24, 2.45) is 0 Å². The summed E-state index contributed by atoms with van der Waals surface area (Å²) in [6.07, 6.45) is -10.1. The molecule has 0 fully saturated rings. The van der Waals surface area contributed by atoms with Gasteiger partial charge in [-0.05, 0) is 0 Å². The molecule has 0 aromatic carbocycles. The van der Waals surface area contributed by atoms with Crippen molar-refractivity contribution in [2.75, 3.05) is 19.6 Å². The summed E-state index contributed by atoms with van der Waals surface area (Å²) in [5.41, 5.74) is 0. The molecule has 3 nitrogen and oxygen atoms in total. The van der Waals surface area contributed by atoms with Crippen molar-refractivity contribution < 1.29 is 31.1 Å². The number of hydrogen-bond donors (Lipinski definition) is 2. The first-order valence-corrected chi connectivity index (χ1v) is 4.21. The average Bonchev–Trinajstić information content (AvgIpc) is 1.98. The van der Waals surface area contributed by atoms with Gasteiger partial charge < -0.3 is 10.6 Å². The number of carbonyl (C=O) groups excluding carboxylic acids is 1. The maximum atomic E-state index is 11.6. The van der Waals surface area contributed by atoms with Gasteiger partial charge in [0.25, 0.3) is 0 Å². The number of hydrogen-bond acceptors (Lipinski definition) is 2. The van der Waals surface area contributed by atoms with Crippen molar-refractivity contribution >= 4 is 5.91 Å². The second-order valence-electron chi connectivity index (χ2n) is 2.93. The third kappa shape index (κ3) is 11.1. The van der Waals surface area contributed by atoms with Gasteiger partial charge in [0.1, 0.15) is 0 Å². The Balaban J connectivity index is 3.53. The van der Waals surface area contributed by atoms with Crippen LogP contribution in [0.25, 0.3) is 0 Å². The average molecular weight is 252 g/mol. The highest BCUT2D eigenvalue weighted by molar-refractivity contribution is 5.77. The molecule has 2 N–H and O–H groups in total. The van der Waals surface area contributed by atoms with Crippen LogP contribution in [0.4, 0.5) is 26.3 Å². The van der Waals surface area contributed by atoms with Gasteiger partial charge in [0.2, 0.25) is 5.91 Å². The topological polar surface area (TPSA) is 41.1 Å². The van der Waals surface area contributed by atoms with E-state index in [1.54, 1.807) is 5.32 Å². The van der Waals surface area contributed by atoms with Crippen LogP contribution in [-0.2, 0) is 4.79 Å². The number of amides is 1. The summed E-state index contributed by atoms with van der Waals surface area (Å²) in [5, 5.41) is 3.59. The summed E-state index contributed by atoms with van der Waals surface area (Å²) >= 11 is 0. The number of rotatable bonds is 5. The third-order valence-electron chi connectivity index (χ3n) is 1.34. The maximum Gasteiger partial charge on any atom is 0.401 e. The van der Waals surface area contributed by atoms with Crippen LogP contribution in [0.15, 0.2) is 0 Å². The van der Waals surface area contributed by atoms with E-state index >= 15 is 0 Å². The summed E-state index contributed by atoms with van der Waals surface area (Å²) in [7, 11) is 0. The molecule has 0 heterocycles. The van der Waals surface area contributed by atoms with E-state index < -0.39 is 44.3 Å². The lowest BCUT2D eigenvalue weighted by Gasteiger charge is -2.09. The lowest BCUT2D eigenvalue weighted by molar-refractivity contribution is -0.135. The van der Waals surface area contributed by atoms with E-state index in [9.17, 15) is 31.1 Å². The van der Waals surface area contributed by atoms with Gasteiger partial charge in [-0.15, -0.1) is 0 Å². The van der Waals surface area contributed by atoms with Crippen LogP contribution in [0, 0.1) is 0 Å². The molecule has 0 spiro atoms. The van der Waals surface area contributed by atoms with E-state index in [0.29, 0.717) is 0 Å². The molecule has 0 atom stereocenters. The first kappa shape index (κ1) is 15.0. The molecule has 16 heavy (non-hydrogen) atoms. The van der Waals surface area contributed by atoms with Crippen LogP contribution in [0.3, 0.4) is 0 Å². The van der Waals surface area contributed by atoms with Gasteiger partial charge in [-0.2, -0.15) is 26.3 Å². The lowest BCUT2D eigenvalue weighted by atomic mass is 10.4. The highest BCUT2D eigenvalue weighted by Crippen LogP contribution is 2.18. The van der Waals surface area contributed by atoms with E-state index in [0.717, 1.165) is 0 Å². The summed E-state index contributed by atoms with van der Waals surface area (Å²) in [4.78, 5) is 10.7. The molecule has 0 bridgehead atoms. The number of nitrogens with one attached hydrogen (secondary N) is 2. The Bertz CT molecular complexity index is 202. The molecule has 0 saturated carbocycles. The smallest absolute Gasteiger partial charge is 0.355 e. The minimum absolute atomic E-state index is 0.643. The van der Waals surface area contributed by atoms with Crippen molar-refractivity contribution in [3.63, 3.8) is 0 Å². The zero-order valence-electron chi connectivity index (χ0n) is 8.00. The fourth-order valence-electron chi connectivity index (χ4n) is 0.724. The Morgan fingerprint density at radius 3 is 2.00 bits per heavy atom. The molecule has 0 aliphatic rings. The van der Waals surface area contributed by atoms with Crippen LogP contribution >= 0.6 is 0 Å². The number of halogens is 6. The van der Waals surface area contributed by atoms with E-state index in [1.165, 1.54) is 0 Å². The number of alkyl halides is 6. The fraction of sp³-hybridized carbons (Fsp3) is 0.857. The first-order chi connectivity index (χ1) is 7.10. The van der Waals surface area contributed by atoms with E-state index in [4.69, 9.17) is 0 Å². The predicted molar refractivity (Wildman–Crippen MR) is 42.6 cm³/mol. The largest absolute Gasteiger partial charge is 0.401 e. The Morgan fingerprint density at radius 2 is 1.56 bits per heavy atom. The van der Waals surface area contributed by atoms with Crippen molar-refractivity contribution in [3.05, 3.63) is 0 Å². The van der Waals surface area contributed by atoms with Gasteiger partial charge in [-0.1, -0.05) is 0 Å². The molecule has 0 rings (SSSR count). The molecule has 9 heteroatoms. The summed E-state index contributed by atoms with van der Waals surface area (Å²) in [6.45, 7) is -2.67. The van der Waals surface area contributed by atoms with Crippen LogP contribution in [0.1, 0.15) is 6.42 Å². The molecule has 0 unspecified atom stereocenters. The SMILES string of the molecule is O=C(CNCC(F)(F)F)NCCC(F)(F)F. The maximum absolute atomic E-state index is 11.6. The lowest BCUT2D eigenvalue weighted by Crippen LogP contribution is -2.39. The summed E-state index contributed by atoms with van der Waals surface area (Å²) < 4.78 is 69.5. The van der Waals surface area contributed by atoms with Crippen LogP contribution < -0.4 is 10.6 Å². The van der Waals surface area contributed by atoms with Crippen molar-refractivity contribution in [1.82, 2.24) is 10.6 Å². The van der Waals surface area contributed by atoms with E-state index in [-0.39, 0.29) is 0 Å². The molecule has 96 valence electrons. The minimum Gasteiger partial charge on any atom is -0.355 e. The van der Waals surface area contributed by atoms with Crippen LogP contribution in [0.5, 0.6) is 0 Å². The normalized spacial score (nSPS) is 12.6. The van der Waals surface area contributed by atoms with Crippen LogP contribution in [-0.4, -0.2) is 37.9 Å². The summed E-state index contributed by atoms with van der Waals surface area (Å²) in [5.74, 6) is -0.909. The molecule has 0 aliphatic carbocycles. The Morgan fingerprint density at radius 1 is 1.00 bits per heavy atom. The van der Waals surface area contributed by atoms with Crippen LogP contribution in [0.2, 0.25) is 0 Å². The van der Waals surface area contributed by atoms with Gasteiger partial charge >= 0.3 is 12.4 Å². The molecule has 0 saturated heterocycles. The number of carbonyl (C=O) groups is 1. The molecular formula is C7H10F6N2O. The van der Waals surface area contributed by atoms with Gasteiger partial charge in [-0.3, -0.25) is 4.79 Å². The molecule has 0 aromatic rings. The van der Waals surface area contributed by atoms with Gasteiger partial charge in [0, 0.05) is 6.54 Å². The van der Waals surface area contributed by atoms with Crippen molar-refractivity contribution in [3.8, 4) is 0 Å². The summed E-state index contributed by atoms with van der Waals surface area (Å²) in [6, 6.07) is 0. The standard InChI is InChI=1S/C7H10F6N2O/c8-6(9,10)1-2-15-5(16)3-14-4-7(11,12)13/h14H,1-4H2,(H,15,16). The Kier molecular flexibility index (Phi) is 5.56. The highest BCUT2D eigenvalue weighted by atomic mass is 19.4. The highest BCUT2D eigenvalue weighted by Gasteiger charge is 2.27. The van der Waals surface area contributed by atoms with E-state index in [1.807, 2.05) is 5.32 Å². The van der Waals surface area contributed by atoms with Crippen molar-refractivity contribution in [1.29, 1.82) is 0 Å². The Labute approximate surface area is 87.2 Å². The Hall–Kier alpha value is -0.990. The zero-order valence-corrected chi connectivity index (χ0v) is 8.00. The quantitative estimate of drug-likeness (QED) is 0.722. The predicted octanol–water partition coefficient (Wildman–Crippen LogP) is 1.21. The first-order valence-electron chi connectivity index (χ1n) is 4.21.